The van der Waals surface area contributed by atoms with Crippen molar-refractivity contribution >= 4 is 23.4 Å². The minimum atomic E-state index is -0.230. The van der Waals surface area contributed by atoms with Crippen LogP contribution in [0.2, 0.25) is 0 Å². The number of carbonyl (C=O) groups is 2. The van der Waals surface area contributed by atoms with Gasteiger partial charge in [0, 0.05) is 23.4 Å². The van der Waals surface area contributed by atoms with Crippen LogP contribution >= 0.6 is 11.6 Å². The summed E-state index contributed by atoms with van der Waals surface area (Å²) in [6, 6.07) is 7.40. The molecule has 3 N–H and O–H groups in total. The van der Waals surface area contributed by atoms with Crippen LogP contribution in [0.4, 0.5) is 0 Å². The predicted molar refractivity (Wildman–Crippen MR) is 78.4 cm³/mol. The van der Waals surface area contributed by atoms with Crippen molar-refractivity contribution in [2.24, 2.45) is 11.7 Å². The summed E-state index contributed by atoms with van der Waals surface area (Å²) in [5, 5.41) is 3.01. The van der Waals surface area contributed by atoms with Crippen molar-refractivity contribution in [2.75, 3.05) is 0 Å². The molecule has 1 aliphatic rings. The lowest BCUT2D eigenvalue weighted by Crippen LogP contribution is -2.39. The quantitative estimate of drug-likeness (QED) is 0.836. The van der Waals surface area contributed by atoms with Gasteiger partial charge in [0.1, 0.15) is 0 Å². The van der Waals surface area contributed by atoms with Gasteiger partial charge in [0.2, 0.25) is 5.91 Å². The van der Waals surface area contributed by atoms with Gasteiger partial charge in [-0.25, -0.2) is 0 Å². The zero-order valence-corrected chi connectivity index (χ0v) is 12.0. The number of alkyl halides is 1. The molecule has 108 valence electrons. The SMILES string of the molecule is NC(=O)C1CCC(NC(=O)c2ccc(CCl)cc2)CC1. The maximum Gasteiger partial charge on any atom is 0.251 e. The van der Waals surface area contributed by atoms with E-state index in [0.717, 1.165) is 31.2 Å². The summed E-state index contributed by atoms with van der Waals surface area (Å²) in [5.41, 5.74) is 6.92. The standard InChI is InChI=1S/C15H19ClN2O2/c16-9-10-1-3-12(4-2-10)15(20)18-13-7-5-11(6-8-13)14(17)19/h1-4,11,13H,5-9H2,(H2,17,19)(H,18,20). The number of halogens is 1. The van der Waals surface area contributed by atoms with Crippen LogP contribution < -0.4 is 11.1 Å². The van der Waals surface area contributed by atoms with Crippen LogP contribution in [0.1, 0.15) is 41.6 Å². The smallest absolute Gasteiger partial charge is 0.251 e. The molecule has 0 aliphatic heterocycles. The number of nitrogens with one attached hydrogen (secondary N) is 1. The van der Waals surface area contributed by atoms with Gasteiger partial charge in [-0.1, -0.05) is 12.1 Å². The summed E-state index contributed by atoms with van der Waals surface area (Å²) in [5.74, 6) is 0.102. The lowest BCUT2D eigenvalue weighted by molar-refractivity contribution is -0.122. The Morgan fingerprint density at radius 3 is 2.25 bits per heavy atom. The highest BCUT2D eigenvalue weighted by molar-refractivity contribution is 6.17. The third-order valence-corrected chi connectivity index (χ3v) is 4.14. The lowest BCUT2D eigenvalue weighted by Gasteiger charge is -2.27. The fourth-order valence-corrected chi connectivity index (χ4v) is 2.71. The minimum absolute atomic E-state index is 0.0360. The molecule has 0 aromatic heterocycles. The van der Waals surface area contributed by atoms with Crippen LogP contribution in [-0.2, 0) is 10.7 Å². The van der Waals surface area contributed by atoms with Crippen molar-refractivity contribution in [2.45, 2.75) is 37.6 Å². The molecule has 0 atom stereocenters. The van der Waals surface area contributed by atoms with E-state index in [1.165, 1.54) is 0 Å². The van der Waals surface area contributed by atoms with Gasteiger partial charge >= 0.3 is 0 Å². The number of hydrogen-bond donors (Lipinski definition) is 2. The average molecular weight is 295 g/mol. The second-order valence-corrected chi connectivity index (χ2v) is 5.52. The number of rotatable bonds is 4. The van der Waals surface area contributed by atoms with Crippen molar-refractivity contribution in [1.82, 2.24) is 5.32 Å². The third-order valence-electron chi connectivity index (χ3n) is 3.84. The molecule has 0 saturated heterocycles. The van der Waals surface area contributed by atoms with Gasteiger partial charge < -0.3 is 11.1 Å². The first-order valence-corrected chi connectivity index (χ1v) is 7.38. The van der Waals surface area contributed by atoms with Crippen molar-refractivity contribution in [3.8, 4) is 0 Å². The van der Waals surface area contributed by atoms with E-state index in [0.29, 0.717) is 11.4 Å². The molecule has 0 heterocycles. The van der Waals surface area contributed by atoms with Crippen LogP contribution in [-0.4, -0.2) is 17.9 Å². The lowest BCUT2D eigenvalue weighted by atomic mass is 9.85. The Hall–Kier alpha value is -1.55. The highest BCUT2D eigenvalue weighted by Crippen LogP contribution is 2.24. The Balaban J connectivity index is 1.87. The van der Waals surface area contributed by atoms with Crippen LogP contribution in [0.25, 0.3) is 0 Å². The van der Waals surface area contributed by atoms with Crippen LogP contribution in [0.15, 0.2) is 24.3 Å². The Morgan fingerprint density at radius 1 is 1.15 bits per heavy atom. The predicted octanol–water partition coefficient (Wildman–Crippen LogP) is 2.20. The molecular weight excluding hydrogens is 276 g/mol. The highest BCUT2D eigenvalue weighted by Gasteiger charge is 2.25. The summed E-state index contributed by atoms with van der Waals surface area (Å²) in [6.45, 7) is 0. The summed E-state index contributed by atoms with van der Waals surface area (Å²) < 4.78 is 0. The largest absolute Gasteiger partial charge is 0.369 e. The van der Waals surface area contributed by atoms with Gasteiger partial charge in [-0.15, -0.1) is 11.6 Å². The average Bonchev–Trinajstić information content (AvgIpc) is 2.48. The first-order chi connectivity index (χ1) is 9.60. The van der Waals surface area contributed by atoms with Gasteiger partial charge in [-0.3, -0.25) is 9.59 Å². The maximum absolute atomic E-state index is 12.1. The molecule has 1 aliphatic carbocycles. The first kappa shape index (κ1) is 14.9. The molecule has 2 rings (SSSR count). The van der Waals surface area contributed by atoms with Crippen molar-refractivity contribution in [1.29, 1.82) is 0 Å². The van der Waals surface area contributed by atoms with E-state index in [-0.39, 0.29) is 23.8 Å². The fraction of sp³-hybridized carbons (Fsp3) is 0.467. The second kappa shape index (κ2) is 6.75. The van der Waals surface area contributed by atoms with Crippen LogP contribution in [0.3, 0.4) is 0 Å². The van der Waals surface area contributed by atoms with E-state index in [4.69, 9.17) is 17.3 Å². The van der Waals surface area contributed by atoms with Gasteiger partial charge in [-0.05, 0) is 43.4 Å². The van der Waals surface area contributed by atoms with Crippen molar-refractivity contribution in [3.63, 3.8) is 0 Å². The van der Waals surface area contributed by atoms with E-state index in [9.17, 15) is 9.59 Å². The van der Waals surface area contributed by atoms with E-state index in [2.05, 4.69) is 5.32 Å². The molecule has 1 aromatic rings. The number of carbonyl (C=O) groups excluding carboxylic acids is 2. The van der Waals surface area contributed by atoms with Crippen LogP contribution in [0.5, 0.6) is 0 Å². The minimum Gasteiger partial charge on any atom is -0.369 e. The molecule has 4 nitrogen and oxygen atoms in total. The summed E-state index contributed by atoms with van der Waals surface area (Å²) in [4.78, 5) is 23.2. The van der Waals surface area contributed by atoms with Gasteiger partial charge in [-0.2, -0.15) is 0 Å². The number of nitrogens with two attached hydrogens (primary N) is 1. The maximum atomic E-state index is 12.1. The van der Waals surface area contributed by atoms with Crippen molar-refractivity contribution < 1.29 is 9.59 Å². The van der Waals surface area contributed by atoms with Gasteiger partial charge in [0.15, 0.2) is 0 Å². The normalized spacial score (nSPS) is 22.2. The molecule has 0 spiro atoms. The Kier molecular flexibility index (Phi) is 5.01. The molecule has 0 bridgehead atoms. The Morgan fingerprint density at radius 2 is 1.75 bits per heavy atom. The third kappa shape index (κ3) is 3.73. The molecule has 0 unspecified atom stereocenters. The molecule has 20 heavy (non-hydrogen) atoms. The van der Waals surface area contributed by atoms with E-state index >= 15 is 0 Å². The van der Waals surface area contributed by atoms with Gasteiger partial charge in [0.05, 0.1) is 0 Å². The molecule has 5 heteroatoms. The monoisotopic (exact) mass is 294 g/mol. The highest BCUT2D eigenvalue weighted by atomic mass is 35.5. The molecule has 2 amide bonds. The molecule has 0 radical (unpaired) electrons. The number of amides is 2. The van der Waals surface area contributed by atoms with E-state index in [1.54, 1.807) is 12.1 Å². The number of primary amides is 1. The van der Waals surface area contributed by atoms with E-state index in [1.807, 2.05) is 12.1 Å². The fourth-order valence-electron chi connectivity index (χ4n) is 2.54. The summed E-state index contributed by atoms with van der Waals surface area (Å²) >= 11 is 5.72. The van der Waals surface area contributed by atoms with Crippen molar-refractivity contribution in [3.05, 3.63) is 35.4 Å². The zero-order chi connectivity index (χ0) is 14.5. The number of hydrogen-bond acceptors (Lipinski definition) is 2. The zero-order valence-electron chi connectivity index (χ0n) is 11.3. The summed E-state index contributed by atoms with van der Waals surface area (Å²) in [6.07, 6.45) is 3.12. The second-order valence-electron chi connectivity index (χ2n) is 5.25. The Bertz CT molecular complexity index is 479. The molecule has 1 fully saturated rings. The molecular formula is C15H19ClN2O2. The van der Waals surface area contributed by atoms with Gasteiger partial charge in [0.25, 0.3) is 5.91 Å². The molecule has 1 aromatic carbocycles. The summed E-state index contributed by atoms with van der Waals surface area (Å²) in [7, 11) is 0. The Labute approximate surface area is 123 Å². The van der Waals surface area contributed by atoms with E-state index < -0.39 is 0 Å². The van der Waals surface area contributed by atoms with Crippen LogP contribution in [0, 0.1) is 5.92 Å². The first-order valence-electron chi connectivity index (χ1n) is 6.85. The number of benzene rings is 1. The molecule has 1 saturated carbocycles. The topological polar surface area (TPSA) is 72.2 Å².